The summed E-state index contributed by atoms with van der Waals surface area (Å²) in [6, 6.07) is 16.6. The third-order valence-electron chi connectivity index (χ3n) is 4.66. The first-order chi connectivity index (χ1) is 16.0. The van der Waals surface area contributed by atoms with Crippen LogP contribution < -0.4 is 9.64 Å². The van der Waals surface area contributed by atoms with Crippen LogP contribution in [0.3, 0.4) is 0 Å². The molecule has 176 valence electrons. The lowest BCUT2D eigenvalue weighted by atomic mass is 10.0. The molecule has 1 amide bonds. The highest BCUT2D eigenvalue weighted by Crippen LogP contribution is 2.35. The Morgan fingerprint density at radius 2 is 1.59 bits per heavy atom. The Bertz CT molecular complexity index is 1230. The number of ether oxygens (including phenoxy) is 2. The average molecular weight is 464 g/mol. The normalized spacial score (nSPS) is 10.9. The number of rotatable bonds is 6. The molecule has 3 aromatic carbocycles. The molecule has 0 fully saturated rings. The number of aromatic hydroxyl groups is 1. The molecule has 34 heavy (non-hydrogen) atoms. The number of hydrogen-bond acceptors (Lipinski definition) is 7. The first-order valence-corrected chi connectivity index (χ1v) is 10.3. The maximum atomic E-state index is 12.6. The topological polar surface area (TPSA) is 119 Å². The number of nitro groups is 1. The minimum Gasteiger partial charge on any atom is -0.507 e. The van der Waals surface area contributed by atoms with Crippen molar-refractivity contribution < 1.29 is 29.1 Å². The van der Waals surface area contributed by atoms with Crippen molar-refractivity contribution in [3.63, 3.8) is 0 Å². The highest BCUT2D eigenvalue weighted by atomic mass is 16.6. The summed E-state index contributed by atoms with van der Waals surface area (Å²) in [7, 11) is 1.36. The number of ketones is 1. The predicted molar refractivity (Wildman–Crippen MR) is 126 cm³/mol. The monoisotopic (exact) mass is 464 g/mol. The Hall–Kier alpha value is -4.40. The average Bonchev–Trinajstić information content (AvgIpc) is 2.77. The summed E-state index contributed by atoms with van der Waals surface area (Å²) in [5.74, 6) is -0.250. The summed E-state index contributed by atoms with van der Waals surface area (Å²) < 4.78 is 11.0. The number of nitrogens with zero attached hydrogens (tertiary/aromatic N) is 2. The standard InChI is InChI=1S/C25H24N2O7/c1-25(2,3)34-24(30)26(4)21-14-17(11-13-20(21)27(31)32)33-18-10-12-19(22(28)15-18)23(29)16-8-6-5-7-9-16/h5-15,28H,1-4H3. The Kier molecular flexibility index (Phi) is 6.86. The zero-order valence-electron chi connectivity index (χ0n) is 19.1. The first kappa shape index (κ1) is 24.2. The number of carbonyl (C=O) groups excluding carboxylic acids is 2. The van der Waals surface area contributed by atoms with Crippen molar-refractivity contribution in [1.29, 1.82) is 0 Å². The largest absolute Gasteiger partial charge is 0.507 e. The second-order valence-corrected chi connectivity index (χ2v) is 8.42. The van der Waals surface area contributed by atoms with Gasteiger partial charge < -0.3 is 14.6 Å². The van der Waals surface area contributed by atoms with Gasteiger partial charge in [0.15, 0.2) is 5.78 Å². The number of phenolic OH excluding ortho intramolecular Hbond substituents is 1. The second kappa shape index (κ2) is 9.62. The second-order valence-electron chi connectivity index (χ2n) is 8.42. The maximum Gasteiger partial charge on any atom is 0.414 e. The van der Waals surface area contributed by atoms with E-state index in [4.69, 9.17) is 9.47 Å². The van der Waals surface area contributed by atoms with Crippen molar-refractivity contribution in [1.82, 2.24) is 0 Å². The number of hydrogen-bond donors (Lipinski definition) is 1. The highest BCUT2D eigenvalue weighted by Gasteiger charge is 2.26. The minimum atomic E-state index is -0.787. The van der Waals surface area contributed by atoms with Crippen LogP contribution in [0, 0.1) is 10.1 Å². The molecular weight excluding hydrogens is 440 g/mol. The van der Waals surface area contributed by atoms with Gasteiger partial charge in [-0.15, -0.1) is 0 Å². The van der Waals surface area contributed by atoms with Crippen LogP contribution in [0.2, 0.25) is 0 Å². The number of phenols is 1. The van der Waals surface area contributed by atoms with E-state index in [0.717, 1.165) is 4.90 Å². The lowest BCUT2D eigenvalue weighted by Crippen LogP contribution is -2.34. The summed E-state index contributed by atoms with van der Waals surface area (Å²) >= 11 is 0. The Balaban J connectivity index is 1.87. The number of carbonyl (C=O) groups is 2. The van der Waals surface area contributed by atoms with Gasteiger partial charge in [-0.25, -0.2) is 4.79 Å². The van der Waals surface area contributed by atoms with Crippen molar-refractivity contribution in [2.75, 3.05) is 11.9 Å². The van der Waals surface area contributed by atoms with Crippen molar-refractivity contribution >= 4 is 23.3 Å². The third-order valence-corrected chi connectivity index (χ3v) is 4.66. The molecule has 0 spiro atoms. The fourth-order valence-corrected chi connectivity index (χ4v) is 3.07. The fraction of sp³-hybridized carbons (Fsp3) is 0.200. The van der Waals surface area contributed by atoms with E-state index < -0.39 is 16.6 Å². The van der Waals surface area contributed by atoms with Crippen LogP contribution in [-0.2, 0) is 4.74 Å². The molecule has 0 bridgehead atoms. The zero-order chi connectivity index (χ0) is 25.0. The quantitative estimate of drug-likeness (QED) is 0.282. The van der Waals surface area contributed by atoms with E-state index in [9.17, 15) is 24.8 Å². The lowest BCUT2D eigenvalue weighted by molar-refractivity contribution is -0.384. The zero-order valence-corrected chi connectivity index (χ0v) is 19.1. The van der Waals surface area contributed by atoms with Crippen molar-refractivity contribution in [3.05, 3.63) is 88.0 Å². The van der Waals surface area contributed by atoms with Crippen LogP contribution in [0.5, 0.6) is 17.2 Å². The van der Waals surface area contributed by atoms with Crippen LogP contribution in [0.1, 0.15) is 36.7 Å². The highest BCUT2D eigenvalue weighted by molar-refractivity contribution is 6.10. The summed E-state index contributed by atoms with van der Waals surface area (Å²) in [4.78, 5) is 36.9. The lowest BCUT2D eigenvalue weighted by Gasteiger charge is -2.24. The third kappa shape index (κ3) is 5.69. The molecule has 0 heterocycles. The van der Waals surface area contributed by atoms with E-state index in [-0.39, 0.29) is 40.0 Å². The van der Waals surface area contributed by atoms with Crippen molar-refractivity contribution in [2.45, 2.75) is 26.4 Å². The summed E-state index contributed by atoms with van der Waals surface area (Å²) in [5, 5.41) is 21.9. The predicted octanol–water partition coefficient (Wildman–Crippen LogP) is 5.70. The molecular formula is C25H24N2O7. The van der Waals surface area contributed by atoms with Gasteiger partial charge in [-0.2, -0.15) is 0 Å². The van der Waals surface area contributed by atoms with E-state index in [2.05, 4.69) is 0 Å². The molecule has 0 aliphatic rings. The Labute approximate surface area is 196 Å². The van der Waals surface area contributed by atoms with E-state index in [1.54, 1.807) is 51.1 Å². The van der Waals surface area contributed by atoms with Gasteiger partial charge in [0.1, 0.15) is 28.5 Å². The molecule has 0 aliphatic heterocycles. The number of amides is 1. The Morgan fingerprint density at radius 3 is 2.18 bits per heavy atom. The number of benzene rings is 3. The van der Waals surface area contributed by atoms with E-state index in [0.29, 0.717) is 5.56 Å². The molecule has 9 nitrogen and oxygen atoms in total. The van der Waals surface area contributed by atoms with Gasteiger partial charge in [0.2, 0.25) is 0 Å². The smallest absolute Gasteiger partial charge is 0.414 e. The van der Waals surface area contributed by atoms with E-state index in [1.807, 2.05) is 0 Å². The Morgan fingerprint density at radius 1 is 0.971 bits per heavy atom. The van der Waals surface area contributed by atoms with Crippen LogP contribution in [0.15, 0.2) is 66.7 Å². The summed E-state index contributed by atoms with van der Waals surface area (Å²) in [5.41, 5.74) is -0.599. The molecule has 0 atom stereocenters. The van der Waals surface area contributed by atoms with Crippen LogP contribution in [0.4, 0.5) is 16.2 Å². The van der Waals surface area contributed by atoms with Crippen LogP contribution in [-0.4, -0.2) is 34.6 Å². The van der Waals surface area contributed by atoms with E-state index in [1.165, 1.54) is 43.4 Å². The summed E-state index contributed by atoms with van der Waals surface area (Å²) in [6.45, 7) is 5.06. The van der Waals surface area contributed by atoms with Gasteiger partial charge in [-0.3, -0.25) is 19.8 Å². The van der Waals surface area contributed by atoms with Gasteiger partial charge in [0.25, 0.3) is 5.69 Å². The molecule has 1 N–H and O–H groups in total. The molecule has 0 unspecified atom stereocenters. The number of anilines is 1. The maximum absolute atomic E-state index is 12.6. The SMILES string of the molecule is CN(C(=O)OC(C)(C)C)c1cc(Oc2ccc(C(=O)c3ccccc3)c(O)c2)ccc1[N+](=O)[O-]. The van der Waals surface area contributed by atoms with Gasteiger partial charge >= 0.3 is 6.09 Å². The molecule has 0 aromatic heterocycles. The first-order valence-electron chi connectivity index (χ1n) is 10.3. The van der Waals surface area contributed by atoms with Gasteiger partial charge in [0, 0.05) is 30.8 Å². The molecule has 3 rings (SSSR count). The van der Waals surface area contributed by atoms with Crippen molar-refractivity contribution in [3.8, 4) is 17.2 Å². The van der Waals surface area contributed by atoms with Gasteiger partial charge in [-0.05, 0) is 39.0 Å². The van der Waals surface area contributed by atoms with Crippen LogP contribution >= 0.6 is 0 Å². The molecule has 0 saturated carbocycles. The molecule has 0 aliphatic carbocycles. The molecule has 0 radical (unpaired) electrons. The van der Waals surface area contributed by atoms with Gasteiger partial charge in [-0.1, -0.05) is 30.3 Å². The van der Waals surface area contributed by atoms with Gasteiger partial charge in [0.05, 0.1) is 10.5 Å². The molecule has 3 aromatic rings. The van der Waals surface area contributed by atoms with Crippen molar-refractivity contribution in [2.24, 2.45) is 0 Å². The van der Waals surface area contributed by atoms with Crippen LogP contribution in [0.25, 0.3) is 0 Å². The molecule has 0 saturated heterocycles. The van der Waals surface area contributed by atoms with E-state index >= 15 is 0 Å². The summed E-state index contributed by atoms with van der Waals surface area (Å²) in [6.07, 6.45) is -0.769. The fourth-order valence-electron chi connectivity index (χ4n) is 3.07. The molecule has 9 heteroatoms. The minimum absolute atomic E-state index is 0.0307. The number of nitro benzene ring substituents is 1.